The third kappa shape index (κ3) is 4.65. The highest BCUT2D eigenvalue weighted by Crippen LogP contribution is 2.65. The van der Waals surface area contributed by atoms with Crippen molar-refractivity contribution in [2.75, 3.05) is 6.61 Å². The molecule has 4 rings (SSSR count). The Balaban J connectivity index is 1.37. The van der Waals surface area contributed by atoms with Crippen molar-refractivity contribution in [1.29, 1.82) is 0 Å². The molecular formula is C27H42N2O5. The molecule has 0 aromatic carbocycles. The van der Waals surface area contributed by atoms with Gasteiger partial charge < -0.3 is 20.4 Å². The number of hydrogen-bond acceptors (Lipinski definition) is 5. The Kier molecular flexibility index (Phi) is 7.14. The van der Waals surface area contributed by atoms with Crippen molar-refractivity contribution in [3.8, 4) is 0 Å². The first-order valence-corrected chi connectivity index (χ1v) is 13.1. The lowest BCUT2D eigenvalue weighted by Gasteiger charge is -2.57. The van der Waals surface area contributed by atoms with Gasteiger partial charge in [-0.15, -0.1) is 0 Å². The molecule has 0 bridgehead atoms. The highest BCUT2D eigenvalue weighted by atomic mass is 16.6. The van der Waals surface area contributed by atoms with Crippen LogP contribution in [0.3, 0.4) is 0 Å². The van der Waals surface area contributed by atoms with E-state index in [1.54, 1.807) is 0 Å². The number of nitrogens with zero attached hydrogens (tertiary/aromatic N) is 1. The van der Waals surface area contributed by atoms with E-state index in [1.165, 1.54) is 18.4 Å². The van der Waals surface area contributed by atoms with Gasteiger partial charge in [0.05, 0.1) is 11.8 Å². The first-order valence-electron chi connectivity index (χ1n) is 13.1. The molecule has 4 aliphatic carbocycles. The molecule has 0 saturated heterocycles. The molecule has 34 heavy (non-hydrogen) atoms. The molecule has 3 fully saturated rings. The molecule has 190 valence electrons. The quantitative estimate of drug-likeness (QED) is 0.477. The maximum absolute atomic E-state index is 12.2. The zero-order valence-electron chi connectivity index (χ0n) is 21.2. The minimum absolute atomic E-state index is 0.100. The second kappa shape index (κ2) is 9.63. The average molecular weight is 475 g/mol. The maximum atomic E-state index is 12.2. The monoisotopic (exact) mass is 474 g/mol. The van der Waals surface area contributed by atoms with E-state index in [-0.39, 0.29) is 29.5 Å². The number of carboxylic acids is 1. The van der Waals surface area contributed by atoms with Crippen LogP contribution in [0.1, 0.15) is 85.5 Å². The lowest BCUT2D eigenvalue weighted by atomic mass is 9.47. The number of amides is 1. The predicted molar refractivity (Wildman–Crippen MR) is 130 cm³/mol. The highest BCUT2D eigenvalue weighted by Gasteiger charge is 2.58. The number of nitrogens with one attached hydrogen (secondary N) is 1. The van der Waals surface area contributed by atoms with E-state index < -0.39 is 17.9 Å². The number of hydrogen-bond donors (Lipinski definition) is 3. The lowest BCUT2D eigenvalue weighted by molar-refractivity contribution is -0.143. The van der Waals surface area contributed by atoms with Crippen LogP contribution in [-0.4, -0.2) is 46.6 Å². The van der Waals surface area contributed by atoms with Crippen LogP contribution in [0.25, 0.3) is 0 Å². The van der Waals surface area contributed by atoms with Crippen molar-refractivity contribution in [2.45, 2.75) is 97.6 Å². The van der Waals surface area contributed by atoms with E-state index in [0.29, 0.717) is 24.2 Å². The largest absolute Gasteiger partial charge is 0.480 e. The Morgan fingerprint density at radius 3 is 2.62 bits per heavy atom. The lowest BCUT2D eigenvalue weighted by Crippen LogP contribution is -2.51. The van der Waals surface area contributed by atoms with Crippen LogP contribution in [-0.2, 0) is 14.4 Å². The summed E-state index contributed by atoms with van der Waals surface area (Å²) < 4.78 is 0. The SMILES string of the molecule is CC(C)C[C@H](NC(=O)CON=C1C=C2CC[C@@H]3[C@@H]4CC[C@@H](O)[C@@]4(C)CC[C@@H]3[C@@]2(C)CC1)C(=O)O. The van der Waals surface area contributed by atoms with Crippen molar-refractivity contribution in [2.24, 2.45) is 39.7 Å². The van der Waals surface area contributed by atoms with E-state index in [4.69, 9.17) is 4.84 Å². The summed E-state index contributed by atoms with van der Waals surface area (Å²) >= 11 is 0. The first-order chi connectivity index (χ1) is 16.0. The molecule has 7 atom stereocenters. The van der Waals surface area contributed by atoms with Crippen LogP contribution in [0.5, 0.6) is 0 Å². The summed E-state index contributed by atoms with van der Waals surface area (Å²) in [6.07, 6.45) is 11.0. The standard InChI is InChI=1S/C27H42N2O5/c1-16(2)13-22(25(32)33)28-24(31)15-34-29-18-9-11-26(3)17(14-18)5-6-19-20-7-8-23(30)27(20,4)12-10-21(19)26/h14,16,19-23,30H,5-13,15H2,1-4H3,(H,28,31)(H,32,33)/t19-,20+,21+,22+,23-,26+,27+/m1/s1. The number of fused-ring (bicyclic) bond motifs is 5. The Morgan fingerprint density at radius 2 is 1.91 bits per heavy atom. The third-order valence-electron chi connectivity index (χ3n) is 9.65. The van der Waals surface area contributed by atoms with E-state index in [1.807, 2.05) is 13.8 Å². The van der Waals surface area contributed by atoms with Gasteiger partial charge in [-0.05, 0) is 98.4 Å². The van der Waals surface area contributed by atoms with Gasteiger partial charge in [0, 0.05) is 0 Å². The molecule has 0 aromatic heterocycles. The van der Waals surface area contributed by atoms with Crippen LogP contribution in [0.4, 0.5) is 0 Å². The van der Waals surface area contributed by atoms with Gasteiger partial charge >= 0.3 is 5.97 Å². The molecule has 1 amide bonds. The fraction of sp³-hybridized carbons (Fsp3) is 0.815. The Bertz CT molecular complexity index is 867. The van der Waals surface area contributed by atoms with E-state index >= 15 is 0 Å². The van der Waals surface area contributed by atoms with Gasteiger partial charge in [0.25, 0.3) is 5.91 Å². The second-order valence-electron chi connectivity index (χ2n) is 12.1. The number of carbonyl (C=O) groups excluding carboxylic acids is 1. The fourth-order valence-corrected chi connectivity index (χ4v) is 7.72. The molecule has 0 aromatic rings. The Morgan fingerprint density at radius 1 is 1.15 bits per heavy atom. The number of aliphatic hydroxyl groups excluding tert-OH is 1. The van der Waals surface area contributed by atoms with Crippen LogP contribution in [0, 0.1) is 34.5 Å². The number of rotatable bonds is 7. The molecule has 4 aliphatic rings. The molecule has 0 aliphatic heterocycles. The van der Waals surface area contributed by atoms with Crippen molar-refractivity contribution >= 4 is 17.6 Å². The summed E-state index contributed by atoms with van der Waals surface area (Å²) in [5.74, 6) is 0.674. The molecule has 7 heteroatoms. The van der Waals surface area contributed by atoms with Crippen molar-refractivity contribution in [3.63, 3.8) is 0 Å². The van der Waals surface area contributed by atoms with Crippen molar-refractivity contribution < 1.29 is 24.6 Å². The molecular weight excluding hydrogens is 432 g/mol. The van der Waals surface area contributed by atoms with Crippen LogP contribution < -0.4 is 5.32 Å². The normalized spacial score (nSPS) is 39.0. The summed E-state index contributed by atoms with van der Waals surface area (Å²) in [5, 5.41) is 26.7. The number of carboxylic acid groups (broad SMARTS) is 1. The summed E-state index contributed by atoms with van der Waals surface area (Å²) in [5.41, 5.74) is 2.60. The zero-order chi connectivity index (χ0) is 24.7. The van der Waals surface area contributed by atoms with Gasteiger partial charge in [-0.3, -0.25) is 4.79 Å². The summed E-state index contributed by atoms with van der Waals surface area (Å²) in [6, 6.07) is -0.908. The van der Waals surface area contributed by atoms with Crippen LogP contribution in [0.2, 0.25) is 0 Å². The van der Waals surface area contributed by atoms with E-state index in [2.05, 4.69) is 30.4 Å². The second-order valence-corrected chi connectivity index (χ2v) is 12.1. The third-order valence-corrected chi connectivity index (χ3v) is 9.65. The van der Waals surface area contributed by atoms with Crippen LogP contribution in [0.15, 0.2) is 16.8 Å². The average Bonchev–Trinajstić information content (AvgIpc) is 3.07. The molecule has 0 spiro atoms. The van der Waals surface area contributed by atoms with Gasteiger partial charge in [0.2, 0.25) is 0 Å². The van der Waals surface area contributed by atoms with E-state index in [9.17, 15) is 19.8 Å². The van der Waals surface area contributed by atoms with Gasteiger partial charge in [-0.25, -0.2) is 4.79 Å². The van der Waals surface area contributed by atoms with Gasteiger partial charge in [-0.1, -0.05) is 38.4 Å². The number of carbonyl (C=O) groups is 2. The van der Waals surface area contributed by atoms with Gasteiger partial charge in [-0.2, -0.15) is 0 Å². The Hall–Kier alpha value is -1.89. The van der Waals surface area contributed by atoms with Gasteiger partial charge in [0.15, 0.2) is 6.61 Å². The van der Waals surface area contributed by atoms with Crippen molar-refractivity contribution in [3.05, 3.63) is 11.6 Å². The first kappa shape index (κ1) is 25.2. The number of aliphatic hydroxyl groups is 1. The Labute approximate surface area is 203 Å². The maximum Gasteiger partial charge on any atom is 0.326 e. The smallest absolute Gasteiger partial charge is 0.326 e. The topological polar surface area (TPSA) is 108 Å². The summed E-state index contributed by atoms with van der Waals surface area (Å²) in [6.45, 7) is 8.31. The summed E-state index contributed by atoms with van der Waals surface area (Å²) in [7, 11) is 0. The fourth-order valence-electron chi connectivity index (χ4n) is 7.72. The summed E-state index contributed by atoms with van der Waals surface area (Å²) in [4.78, 5) is 28.8. The molecule has 7 nitrogen and oxygen atoms in total. The molecule has 3 N–H and O–H groups in total. The number of allylic oxidation sites excluding steroid dienone is 2. The van der Waals surface area contributed by atoms with Gasteiger partial charge in [0.1, 0.15) is 6.04 Å². The molecule has 0 heterocycles. The zero-order valence-corrected chi connectivity index (χ0v) is 21.2. The molecule has 3 saturated carbocycles. The minimum atomic E-state index is -1.03. The van der Waals surface area contributed by atoms with Crippen LogP contribution >= 0.6 is 0 Å². The minimum Gasteiger partial charge on any atom is -0.480 e. The van der Waals surface area contributed by atoms with E-state index in [0.717, 1.165) is 44.2 Å². The predicted octanol–water partition coefficient (Wildman–Crippen LogP) is 4.30. The molecule has 0 unspecified atom stereocenters. The molecule has 0 radical (unpaired) electrons. The van der Waals surface area contributed by atoms with Crippen molar-refractivity contribution in [1.82, 2.24) is 5.32 Å². The number of oxime groups is 1. The number of aliphatic carboxylic acids is 1. The highest BCUT2D eigenvalue weighted by molar-refractivity contribution is 5.96.